The molecule has 1 aromatic rings. The van der Waals surface area contributed by atoms with Crippen LogP contribution in [0.4, 0.5) is 0 Å². The van der Waals surface area contributed by atoms with E-state index < -0.39 is 5.91 Å². The molecule has 2 N–H and O–H groups in total. The largest absolute Gasteiger partial charge is 0.504 e. The fourth-order valence-electron chi connectivity index (χ4n) is 1.57. The van der Waals surface area contributed by atoms with Gasteiger partial charge in [0.25, 0.3) is 5.91 Å². The molecular weight excluding hydrogens is 256 g/mol. The van der Waals surface area contributed by atoms with Gasteiger partial charge in [0.1, 0.15) is 11.6 Å². The van der Waals surface area contributed by atoms with Crippen molar-refractivity contribution < 1.29 is 14.6 Å². The lowest BCUT2D eigenvalue weighted by atomic mass is 10.1. The van der Waals surface area contributed by atoms with E-state index in [0.717, 1.165) is 12.8 Å². The Hall–Kier alpha value is -2.48. The summed E-state index contributed by atoms with van der Waals surface area (Å²) >= 11 is 0. The number of aromatic hydroxyl groups is 1. The number of nitrogens with one attached hydrogen (secondary N) is 1. The van der Waals surface area contributed by atoms with Gasteiger partial charge in [-0.2, -0.15) is 5.26 Å². The van der Waals surface area contributed by atoms with Crippen LogP contribution in [-0.4, -0.2) is 24.7 Å². The van der Waals surface area contributed by atoms with E-state index in [2.05, 4.69) is 5.32 Å². The van der Waals surface area contributed by atoms with Gasteiger partial charge in [-0.3, -0.25) is 4.79 Å². The summed E-state index contributed by atoms with van der Waals surface area (Å²) in [5, 5.41) is 21.2. The predicted octanol–water partition coefficient (Wildman–Crippen LogP) is 2.22. The first-order chi connectivity index (χ1) is 9.62. The Balaban J connectivity index is 2.89. The average molecular weight is 274 g/mol. The van der Waals surface area contributed by atoms with Crippen LogP contribution in [0.15, 0.2) is 23.8 Å². The molecule has 1 aromatic carbocycles. The molecule has 0 heterocycles. The molecule has 0 aliphatic heterocycles. The maximum absolute atomic E-state index is 11.8. The van der Waals surface area contributed by atoms with Crippen LogP contribution in [0.25, 0.3) is 6.08 Å². The molecule has 0 aliphatic rings. The van der Waals surface area contributed by atoms with E-state index in [1.54, 1.807) is 12.1 Å². The molecular formula is C15H18N2O3. The molecule has 0 radical (unpaired) electrons. The molecule has 1 amide bonds. The van der Waals surface area contributed by atoms with E-state index in [0.29, 0.717) is 17.9 Å². The monoisotopic (exact) mass is 274 g/mol. The molecule has 0 aromatic heterocycles. The standard InChI is InChI=1S/C15H18N2O3/c1-3-4-7-17-15(19)12(10-16)8-11-5-6-13(18)14(9-11)20-2/h5-6,8-9,18H,3-4,7H2,1-2H3,(H,17,19). The Morgan fingerprint density at radius 2 is 2.30 bits per heavy atom. The Morgan fingerprint density at radius 1 is 1.55 bits per heavy atom. The first-order valence-corrected chi connectivity index (χ1v) is 6.39. The maximum Gasteiger partial charge on any atom is 0.261 e. The average Bonchev–Trinajstić information content (AvgIpc) is 2.46. The van der Waals surface area contributed by atoms with Crippen molar-refractivity contribution in [3.05, 3.63) is 29.3 Å². The Kier molecular flexibility index (Phi) is 6.11. The number of phenolic OH excluding ortho intramolecular Hbond substituents is 1. The molecule has 5 heteroatoms. The van der Waals surface area contributed by atoms with Gasteiger partial charge < -0.3 is 15.2 Å². The van der Waals surface area contributed by atoms with Crippen LogP contribution in [0.5, 0.6) is 11.5 Å². The van der Waals surface area contributed by atoms with E-state index in [1.807, 2.05) is 13.0 Å². The zero-order chi connectivity index (χ0) is 15.0. The maximum atomic E-state index is 11.8. The number of carbonyl (C=O) groups excluding carboxylic acids is 1. The van der Waals surface area contributed by atoms with Gasteiger partial charge in [0.2, 0.25) is 0 Å². The third-order valence-corrected chi connectivity index (χ3v) is 2.70. The molecule has 0 spiro atoms. The van der Waals surface area contributed by atoms with Gasteiger partial charge in [0.05, 0.1) is 7.11 Å². The van der Waals surface area contributed by atoms with E-state index in [1.165, 1.54) is 19.3 Å². The molecule has 0 saturated heterocycles. The minimum absolute atomic E-state index is 0.00977. The summed E-state index contributed by atoms with van der Waals surface area (Å²) < 4.78 is 4.98. The second kappa shape index (κ2) is 7.85. The zero-order valence-electron chi connectivity index (χ0n) is 11.6. The number of methoxy groups -OCH3 is 1. The molecule has 106 valence electrons. The number of amides is 1. The van der Waals surface area contributed by atoms with Gasteiger partial charge in [0.15, 0.2) is 11.5 Å². The Morgan fingerprint density at radius 3 is 2.90 bits per heavy atom. The van der Waals surface area contributed by atoms with Crippen molar-refractivity contribution in [2.45, 2.75) is 19.8 Å². The van der Waals surface area contributed by atoms with E-state index in [-0.39, 0.29) is 11.3 Å². The quantitative estimate of drug-likeness (QED) is 0.473. The number of nitrogens with zero attached hydrogens (tertiary/aromatic N) is 1. The highest BCUT2D eigenvalue weighted by Gasteiger charge is 2.09. The highest BCUT2D eigenvalue weighted by Crippen LogP contribution is 2.27. The van der Waals surface area contributed by atoms with Crippen molar-refractivity contribution in [2.75, 3.05) is 13.7 Å². The third-order valence-electron chi connectivity index (χ3n) is 2.70. The Labute approximate surface area is 118 Å². The summed E-state index contributed by atoms with van der Waals surface area (Å²) in [7, 11) is 1.44. The summed E-state index contributed by atoms with van der Waals surface area (Å²) in [6.07, 6.45) is 3.31. The summed E-state index contributed by atoms with van der Waals surface area (Å²) in [4.78, 5) is 11.8. The summed E-state index contributed by atoms with van der Waals surface area (Å²) in [6, 6.07) is 6.50. The smallest absolute Gasteiger partial charge is 0.261 e. The minimum atomic E-state index is -0.395. The topological polar surface area (TPSA) is 82.4 Å². The molecule has 0 aliphatic carbocycles. The number of unbranched alkanes of at least 4 members (excludes halogenated alkanes) is 1. The first kappa shape index (κ1) is 15.6. The van der Waals surface area contributed by atoms with Gasteiger partial charge in [0, 0.05) is 6.54 Å². The molecule has 0 atom stereocenters. The highest BCUT2D eigenvalue weighted by molar-refractivity contribution is 6.01. The number of ether oxygens (including phenoxy) is 1. The van der Waals surface area contributed by atoms with Gasteiger partial charge in [-0.25, -0.2) is 0 Å². The first-order valence-electron chi connectivity index (χ1n) is 6.39. The molecule has 0 unspecified atom stereocenters. The van der Waals surface area contributed by atoms with Crippen LogP contribution in [0.3, 0.4) is 0 Å². The molecule has 1 rings (SSSR count). The minimum Gasteiger partial charge on any atom is -0.504 e. The van der Waals surface area contributed by atoms with Crippen molar-refractivity contribution >= 4 is 12.0 Å². The van der Waals surface area contributed by atoms with Crippen molar-refractivity contribution in [1.29, 1.82) is 5.26 Å². The van der Waals surface area contributed by atoms with Crippen LogP contribution in [-0.2, 0) is 4.79 Å². The summed E-state index contributed by atoms with van der Waals surface area (Å²) in [6.45, 7) is 2.57. The van der Waals surface area contributed by atoms with E-state index >= 15 is 0 Å². The van der Waals surface area contributed by atoms with Crippen LogP contribution >= 0.6 is 0 Å². The fourth-order valence-corrected chi connectivity index (χ4v) is 1.57. The SMILES string of the molecule is CCCCNC(=O)C(C#N)=Cc1ccc(O)c(OC)c1. The summed E-state index contributed by atoms with van der Waals surface area (Å²) in [5.41, 5.74) is 0.635. The van der Waals surface area contributed by atoms with E-state index in [4.69, 9.17) is 10.00 Å². The van der Waals surface area contributed by atoms with Crippen molar-refractivity contribution in [3.8, 4) is 17.6 Å². The van der Waals surface area contributed by atoms with Crippen molar-refractivity contribution in [3.63, 3.8) is 0 Å². The highest BCUT2D eigenvalue weighted by atomic mass is 16.5. The lowest BCUT2D eigenvalue weighted by molar-refractivity contribution is -0.117. The van der Waals surface area contributed by atoms with Crippen LogP contribution in [0.2, 0.25) is 0 Å². The number of hydrogen-bond donors (Lipinski definition) is 2. The zero-order valence-corrected chi connectivity index (χ0v) is 11.6. The number of phenols is 1. The predicted molar refractivity (Wildman–Crippen MR) is 76.2 cm³/mol. The normalized spacial score (nSPS) is 10.8. The van der Waals surface area contributed by atoms with Crippen LogP contribution in [0, 0.1) is 11.3 Å². The van der Waals surface area contributed by atoms with Crippen molar-refractivity contribution in [1.82, 2.24) is 5.32 Å². The lowest BCUT2D eigenvalue weighted by Gasteiger charge is -2.05. The Bertz CT molecular complexity index is 545. The third kappa shape index (κ3) is 4.32. The van der Waals surface area contributed by atoms with Gasteiger partial charge in [-0.05, 0) is 30.2 Å². The van der Waals surface area contributed by atoms with E-state index in [9.17, 15) is 9.90 Å². The lowest BCUT2D eigenvalue weighted by Crippen LogP contribution is -2.25. The van der Waals surface area contributed by atoms with Crippen molar-refractivity contribution in [2.24, 2.45) is 0 Å². The van der Waals surface area contributed by atoms with Gasteiger partial charge >= 0.3 is 0 Å². The molecule has 0 fully saturated rings. The number of hydrogen-bond acceptors (Lipinski definition) is 4. The number of rotatable bonds is 6. The number of carbonyl (C=O) groups is 1. The molecule has 20 heavy (non-hydrogen) atoms. The second-order valence-corrected chi connectivity index (χ2v) is 4.21. The number of nitriles is 1. The molecule has 0 saturated carbocycles. The second-order valence-electron chi connectivity index (χ2n) is 4.21. The summed E-state index contributed by atoms with van der Waals surface area (Å²) in [5.74, 6) is -0.0917. The molecule has 5 nitrogen and oxygen atoms in total. The molecule has 0 bridgehead atoms. The van der Waals surface area contributed by atoms with Crippen LogP contribution < -0.4 is 10.1 Å². The van der Waals surface area contributed by atoms with Crippen LogP contribution in [0.1, 0.15) is 25.3 Å². The number of benzene rings is 1. The van der Waals surface area contributed by atoms with Gasteiger partial charge in [-0.1, -0.05) is 19.4 Å². The fraction of sp³-hybridized carbons (Fsp3) is 0.333. The van der Waals surface area contributed by atoms with Gasteiger partial charge in [-0.15, -0.1) is 0 Å².